The third-order valence-electron chi connectivity index (χ3n) is 4.35. The summed E-state index contributed by atoms with van der Waals surface area (Å²) >= 11 is 0. The summed E-state index contributed by atoms with van der Waals surface area (Å²) in [6.07, 6.45) is 2.41. The Morgan fingerprint density at radius 1 is 1.32 bits per heavy atom. The van der Waals surface area contributed by atoms with Crippen LogP contribution < -0.4 is 16.0 Å². The average molecular weight is 395 g/mol. The van der Waals surface area contributed by atoms with E-state index in [2.05, 4.69) is 36.0 Å². The van der Waals surface area contributed by atoms with E-state index in [-0.39, 0.29) is 24.0 Å². The van der Waals surface area contributed by atoms with Gasteiger partial charge in [-0.25, -0.2) is 0 Å². The molecule has 0 radical (unpaired) electrons. The molecule has 158 valence electrons. The van der Waals surface area contributed by atoms with Crippen LogP contribution in [0.3, 0.4) is 0 Å². The van der Waals surface area contributed by atoms with E-state index in [0.717, 1.165) is 12.6 Å². The van der Waals surface area contributed by atoms with E-state index in [1.54, 1.807) is 38.7 Å². The van der Waals surface area contributed by atoms with Gasteiger partial charge in [0.15, 0.2) is 6.23 Å². The normalized spacial score (nSPS) is 26.4. The molecule has 3 rings (SSSR count). The highest BCUT2D eigenvalue weighted by Gasteiger charge is 2.42. The maximum Gasteiger partial charge on any atom is 0.327 e. The molecular formula is C20H34N4O4. The van der Waals surface area contributed by atoms with Crippen molar-refractivity contribution < 1.29 is 19.1 Å². The topological polar surface area (TPSA) is 109 Å². The van der Waals surface area contributed by atoms with E-state index in [1.165, 1.54) is 12.6 Å². The molecule has 0 aromatic rings. The summed E-state index contributed by atoms with van der Waals surface area (Å²) in [6, 6.07) is 1.14. The third kappa shape index (κ3) is 7.44. The van der Waals surface area contributed by atoms with Gasteiger partial charge in [-0.3, -0.25) is 19.7 Å². The Balaban J connectivity index is 0.000000241. The Morgan fingerprint density at radius 2 is 1.82 bits per heavy atom. The van der Waals surface area contributed by atoms with Gasteiger partial charge < -0.3 is 20.3 Å². The van der Waals surface area contributed by atoms with E-state index >= 15 is 0 Å². The molecule has 3 unspecified atom stereocenters. The SMILES string of the molecule is C=CC(=O)NC(C)(C)C(=O)N1CC1C.C=CC1NC(C)(C)C(=O)O1.CC1CN1. The highest BCUT2D eigenvalue weighted by Crippen LogP contribution is 2.21. The number of hydrogen-bond donors (Lipinski definition) is 3. The van der Waals surface area contributed by atoms with Gasteiger partial charge in [0, 0.05) is 25.2 Å². The molecule has 0 aromatic carbocycles. The lowest BCUT2D eigenvalue weighted by molar-refractivity contribution is -0.143. The van der Waals surface area contributed by atoms with E-state index in [9.17, 15) is 14.4 Å². The van der Waals surface area contributed by atoms with E-state index in [4.69, 9.17) is 4.74 Å². The van der Waals surface area contributed by atoms with E-state index in [0.29, 0.717) is 6.04 Å². The van der Waals surface area contributed by atoms with Crippen molar-refractivity contribution in [1.29, 1.82) is 0 Å². The molecule has 8 nitrogen and oxygen atoms in total. The molecule has 0 aromatic heterocycles. The minimum Gasteiger partial charge on any atom is -0.441 e. The van der Waals surface area contributed by atoms with Crippen LogP contribution in [0.2, 0.25) is 0 Å². The molecule has 3 fully saturated rings. The number of amides is 2. The third-order valence-corrected chi connectivity index (χ3v) is 4.35. The molecule has 0 aliphatic carbocycles. The Bertz CT molecular complexity index is 626. The second-order valence-corrected chi connectivity index (χ2v) is 8.27. The Kier molecular flexibility index (Phi) is 7.95. The smallest absolute Gasteiger partial charge is 0.327 e. The Morgan fingerprint density at radius 3 is 2.07 bits per heavy atom. The van der Waals surface area contributed by atoms with Crippen molar-refractivity contribution in [1.82, 2.24) is 20.9 Å². The monoisotopic (exact) mass is 394 g/mol. The van der Waals surface area contributed by atoms with Gasteiger partial charge in [0.2, 0.25) is 11.8 Å². The van der Waals surface area contributed by atoms with Crippen molar-refractivity contribution in [2.45, 2.75) is 70.9 Å². The number of ether oxygens (including phenoxy) is 1. The number of nitrogens with zero attached hydrogens (tertiary/aromatic N) is 1. The summed E-state index contributed by atoms with van der Waals surface area (Å²) in [7, 11) is 0. The highest BCUT2D eigenvalue weighted by atomic mass is 16.6. The first-order valence-electron chi connectivity index (χ1n) is 9.44. The zero-order chi connectivity index (χ0) is 21.7. The molecular weight excluding hydrogens is 360 g/mol. The molecule has 0 bridgehead atoms. The van der Waals surface area contributed by atoms with Gasteiger partial charge >= 0.3 is 5.97 Å². The summed E-state index contributed by atoms with van der Waals surface area (Å²) in [6.45, 7) is 20.0. The van der Waals surface area contributed by atoms with Gasteiger partial charge in [0.05, 0.1) is 0 Å². The minimum atomic E-state index is -0.837. The first kappa shape index (κ1) is 23.8. The number of esters is 1. The first-order valence-corrected chi connectivity index (χ1v) is 9.44. The second kappa shape index (κ2) is 9.34. The molecule has 3 saturated heterocycles. The van der Waals surface area contributed by atoms with Crippen molar-refractivity contribution in [3.05, 3.63) is 25.3 Å². The molecule has 8 heteroatoms. The number of carbonyl (C=O) groups excluding carboxylic acids is 3. The highest BCUT2D eigenvalue weighted by molar-refractivity contribution is 5.95. The quantitative estimate of drug-likeness (QED) is 0.280. The van der Waals surface area contributed by atoms with E-state index < -0.39 is 11.1 Å². The van der Waals surface area contributed by atoms with Gasteiger partial charge in [-0.15, -0.1) is 0 Å². The standard InChI is InChI=1S/C10H16N2O2.C7H11NO2.C3H7N/c1-5-8(13)11-10(3,4)9(14)12-6-7(12)2;1-4-5-8-7(2,3)6(9)10-5;1-3-2-4-3/h5,7H,1,6H2,2-4H3,(H,11,13);4-5,8H,1H2,2-3H3;3-4H,2H2,1H3. The lowest BCUT2D eigenvalue weighted by Gasteiger charge is -2.24. The molecule has 0 saturated carbocycles. The number of cyclic esters (lactones) is 1. The summed E-state index contributed by atoms with van der Waals surface area (Å²) in [5.41, 5.74) is -1.39. The van der Waals surface area contributed by atoms with Crippen molar-refractivity contribution in [3.63, 3.8) is 0 Å². The molecule has 3 aliphatic rings. The van der Waals surface area contributed by atoms with Crippen molar-refractivity contribution in [3.8, 4) is 0 Å². The van der Waals surface area contributed by atoms with Gasteiger partial charge in [0.25, 0.3) is 0 Å². The van der Waals surface area contributed by atoms with Gasteiger partial charge in [0.1, 0.15) is 11.1 Å². The van der Waals surface area contributed by atoms with Gasteiger partial charge in [-0.1, -0.05) is 13.2 Å². The molecule has 3 atom stereocenters. The van der Waals surface area contributed by atoms with Crippen LogP contribution in [0, 0.1) is 0 Å². The van der Waals surface area contributed by atoms with Crippen molar-refractivity contribution in [2.75, 3.05) is 13.1 Å². The lowest BCUT2D eigenvalue weighted by Crippen LogP contribution is -2.52. The Labute approximate surface area is 167 Å². The summed E-state index contributed by atoms with van der Waals surface area (Å²) < 4.78 is 4.86. The predicted octanol–water partition coefficient (Wildman–Crippen LogP) is 0.700. The van der Waals surface area contributed by atoms with Crippen LogP contribution in [0.1, 0.15) is 41.5 Å². The summed E-state index contributed by atoms with van der Waals surface area (Å²) in [5, 5.41) is 8.64. The molecule has 3 heterocycles. The molecule has 3 N–H and O–H groups in total. The van der Waals surface area contributed by atoms with E-state index in [1.807, 2.05) is 6.92 Å². The van der Waals surface area contributed by atoms with Crippen LogP contribution in [-0.4, -0.2) is 65.2 Å². The number of rotatable bonds is 4. The molecule has 0 spiro atoms. The van der Waals surface area contributed by atoms with Gasteiger partial charge in [-0.2, -0.15) is 0 Å². The zero-order valence-corrected chi connectivity index (χ0v) is 17.8. The van der Waals surface area contributed by atoms with Crippen LogP contribution in [0.15, 0.2) is 25.3 Å². The van der Waals surface area contributed by atoms with Crippen molar-refractivity contribution >= 4 is 17.8 Å². The van der Waals surface area contributed by atoms with Crippen LogP contribution in [0.4, 0.5) is 0 Å². The Hall–Kier alpha value is -2.19. The fourth-order valence-corrected chi connectivity index (χ4v) is 2.22. The van der Waals surface area contributed by atoms with Crippen molar-refractivity contribution in [2.24, 2.45) is 0 Å². The van der Waals surface area contributed by atoms with Crippen LogP contribution >= 0.6 is 0 Å². The number of carbonyl (C=O) groups is 3. The second-order valence-electron chi connectivity index (χ2n) is 8.27. The molecule has 28 heavy (non-hydrogen) atoms. The van der Waals surface area contributed by atoms with Crippen LogP contribution in [0.25, 0.3) is 0 Å². The molecule has 3 aliphatic heterocycles. The minimum absolute atomic E-state index is 0.0415. The van der Waals surface area contributed by atoms with Gasteiger partial charge in [-0.05, 0) is 53.7 Å². The molecule has 2 amide bonds. The maximum atomic E-state index is 11.8. The summed E-state index contributed by atoms with van der Waals surface area (Å²) in [4.78, 5) is 35.5. The number of hydrogen-bond acceptors (Lipinski definition) is 6. The largest absolute Gasteiger partial charge is 0.441 e. The maximum absolute atomic E-state index is 11.8. The zero-order valence-electron chi connectivity index (χ0n) is 17.8. The number of nitrogens with one attached hydrogen (secondary N) is 3. The van der Waals surface area contributed by atoms with Crippen LogP contribution in [-0.2, 0) is 19.1 Å². The lowest BCUT2D eigenvalue weighted by atomic mass is 10.0. The fraction of sp³-hybridized carbons (Fsp3) is 0.650. The first-order chi connectivity index (χ1) is 12.8. The van der Waals surface area contributed by atoms with Crippen LogP contribution in [0.5, 0.6) is 0 Å². The fourth-order valence-electron chi connectivity index (χ4n) is 2.22. The summed E-state index contributed by atoms with van der Waals surface area (Å²) in [5.74, 6) is -0.588. The predicted molar refractivity (Wildman–Crippen MR) is 108 cm³/mol. The average Bonchev–Trinajstić information content (AvgIpc) is 3.51.